The first-order valence-corrected chi connectivity index (χ1v) is 5.13. The van der Waals surface area contributed by atoms with Gasteiger partial charge in [0.2, 0.25) is 11.6 Å². The lowest BCUT2D eigenvalue weighted by Crippen LogP contribution is -2.01. The molecule has 9 heteroatoms. The zero-order chi connectivity index (χ0) is 16.1. The van der Waals surface area contributed by atoms with Crippen LogP contribution in [0, 0.1) is 34.9 Å². The summed E-state index contributed by atoms with van der Waals surface area (Å²) in [7, 11) is 0. The van der Waals surface area contributed by atoms with Crippen LogP contribution in [-0.2, 0) is 0 Å². The molecule has 3 nitrogen and oxygen atoms in total. The number of hydrogen-bond acceptors (Lipinski definition) is 3. The first kappa shape index (κ1) is 14.8. The van der Waals surface area contributed by atoms with Crippen molar-refractivity contribution >= 4 is 0 Å². The van der Waals surface area contributed by atoms with Gasteiger partial charge in [-0.2, -0.15) is 4.39 Å². The van der Waals surface area contributed by atoms with Gasteiger partial charge in [-0.25, -0.2) is 22.0 Å². The highest BCUT2D eigenvalue weighted by atomic mass is 19.2. The monoisotopic (exact) mass is 310 g/mol. The van der Waals surface area contributed by atoms with E-state index in [1.54, 1.807) is 0 Å². The van der Waals surface area contributed by atoms with E-state index < -0.39 is 63.3 Å². The molecule has 0 aliphatic heterocycles. The summed E-state index contributed by atoms with van der Waals surface area (Å²) in [5.74, 6) is -17.7. The van der Waals surface area contributed by atoms with E-state index in [9.17, 15) is 31.4 Å². The number of phenols is 3. The number of benzene rings is 2. The molecule has 2 aromatic carbocycles. The van der Waals surface area contributed by atoms with Crippen LogP contribution in [0.25, 0.3) is 11.1 Å². The minimum Gasteiger partial charge on any atom is -0.504 e. The van der Waals surface area contributed by atoms with Gasteiger partial charge in [-0.3, -0.25) is 0 Å². The molecule has 3 N–H and O–H groups in total. The molecule has 2 rings (SSSR count). The fourth-order valence-electron chi connectivity index (χ4n) is 1.65. The molecule has 0 saturated heterocycles. The maximum absolute atomic E-state index is 13.7. The molecule has 112 valence electrons. The fraction of sp³-hybridized carbons (Fsp3) is 0. The maximum Gasteiger partial charge on any atom is 0.204 e. The van der Waals surface area contributed by atoms with Crippen LogP contribution in [0.1, 0.15) is 0 Å². The van der Waals surface area contributed by atoms with Crippen molar-refractivity contribution in [3.8, 4) is 28.4 Å². The van der Waals surface area contributed by atoms with Crippen LogP contribution < -0.4 is 0 Å². The third-order valence-corrected chi connectivity index (χ3v) is 2.68. The van der Waals surface area contributed by atoms with Crippen molar-refractivity contribution < 1.29 is 41.7 Å². The predicted octanol–water partition coefficient (Wildman–Crippen LogP) is 3.30. The highest BCUT2D eigenvalue weighted by molar-refractivity contribution is 5.74. The Kier molecular flexibility index (Phi) is 3.36. The van der Waals surface area contributed by atoms with E-state index in [0.717, 1.165) is 0 Å². The molecule has 0 unspecified atom stereocenters. The zero-order valence-corrected chi connectivity index (χ0v) is 9.69. The summed E-state index contributed by atoms with van der Waals surface area (Å²) < 4.78 is 79.6. The average Bonchev–Trinajstić information content (AvgIpc) is 2.46. The highest BCUT2D eigenvalue weighted by Gasteiger charge is 2.30. The van der Waals surface area contributed by atoms with E-state index in [-0.39, 0.29) is 6.07 Å². The molecule has 0 heterocycles. The van der Waals surface area contributed by atoms with Crippen LogP contribution in [-0.4, -0.2) is 15.3 Å². The van der Waals surface area contributed by atoms with Gasteiger partial charge in [0.25, 0.3) is 0 Å². The molecular formula is C12H4F6O3. The Bertz CT molecular complexity index is 731. The first-order valence-electron chi connectivity index (χ1n) is 5.13. The first-order chi connectivity index (χ1) is 9.68. The van der Waals surface area contributed by atoms with Crippen LogP contribution >= 0.6 is 0 Å². The molecule has 2 aromatic rings. The number of rotatable bonds is 1. The van der Waals surface area contributed by atoms with Crippen molar-refractivity contribution in [2.75, 3.05) is 0 Å². The molecule has 0 spiro atoms. The predicted molar refractivity (Wildman–Crippen MR) is 56.6 cm³/mol. The summed E-state index contributed by atoms with van der Waals surface area (Å²) in [5.41, 5.74) is -2.85. The maximum atomic E-state index is 13.7. The Morgan fingerprint density at radius 3 is 1.67 bits per heavy atom. The summed E-state index contributed by atoms with van der Waals surface area (Å²) >= 11 is 0. The summed E-state index contributed by atoms with van der Waals surface area (Å²) in [4.78, 5) is 0. The molecule has 0 aliphatic rings. The van der Waals surface area contributed by atoms with Crippen molar-refractivity contribution in [2.45, 2.75) is 0 Å². The van der Waals surface area contributed by atoms with Crippen LogP contribution in [0.2, 0.25) is 0 Å². The van der Waals surface area contributed by atoms with E-state index in [1.165, 1.54) is 0 Å². The summed E-state index contributed by atoms with van der Waals surface area (Å²) in [6, 6.07) is 0.0688. The topological polar surface area (TPSA) is 60.7 Å². The van der Waals surface area contributed by atoms with E-state index in [4.69, 9.17) is 10.2 Å². The minimum atomic E-state index is -2.37. The number of halogens is 6. The number of aromatic hydroxyl groups is 3. The highest BCUT2D eigenvalue weighted by Crippen LogP contribution is 2.43. The second kappa shape index (κ2) is 4.76. The van der Waals surface area contributed by atoms with Crippen molar-refractivity contribution in [3.63, 3.8) is 0 Å². The quantitative estimate of drug-likeness (QED) is 0.328. The van der Waals surface area contributed by atoms with Crippen LogP contribution in [0.15, 0.2) is 6.07 Å². The van der Waals surface area contributed by atoms with Crippen molar-refractivity contribution in [2.24, 2.45) is 0 Å². The van der Waals surface area contributed by atoms with Crippen molar-refractivity contribution in [1.29, 1.82) is 0 Å². The normalized spacial score (nSPS) is 11.0. The molecule has 0 radical (unpaired) electrons. The van der Waals surface area contributed by atoms with E-state index in [2.05, 4.69) is 0 Å². The van der Waals surface area contributed by atoms with Crippen LogP contribution in [0.5, 0.6) is 17.2 Å². The SMILES string of the molecule is Oc1c(F)cc(-c2c(O)c(F)c(F)c(F)c2F)c(F)c1O. The Hall–Kier alpha value is -2.58. The van der Waals surface area contributed by atoms with Gasteiger partial charge >= 0.3 is 0 Å². The smallest absolute Gasteiger partial charge is 0.204 e. The molecule has 0 aromatic heterocycles. The molecule has 0 saturated carbocycles. The summed E-state index contributed by atoms with van der Waals surface area (Å²) in [6.45, 7) is 0. The number of hydrogen-bond donors (Lipinski definition) is 3. The lowest BCUT2D eigenvalue weighted by molar-refractivity contribution is 0.356. The minimum absolute atomic E-state index is 0.0688. The van der Waals surface area contributed by atoms with Crippen molar-refractivity contribution in [3.05, 3.63) is 41.0 Å². The van der Waals surface area contributed by atoms with Gasteiger partial charge < -0.3 is 15.3 Å². The largest absolute Gasteiger partial charge is 0.504 e. The van der Waals surface area contributed by atoms with Gasteiger partial charge in [-0.1, -0.05) is 0 Å². The number of phenolic OH excluding ortho intramolecular Hbond substituents is 3. The second-order valence-corrected chi connectivity index (χ2v) is 3.90. The Morgan fingerprint density at radius 1 is 0.571 bits per heavy atom. The molecule has 0 fully saturated rings. The van der Waals surface area contributed by atoms with Crippen LogP contribution in [0.4, 0.5) is 26.3 Å². The molecule has 0 aliphatic carbocycles. The van der Waals surface area contributed by atoms with E-state index in [1.807, 2.05) is 0 Å². The van der Waals surface area contributed by atoms with Gasteiger partial charge in [0.15, 0.2) is 40.5 Å². The standard InChI is InChI=1S/C12H4F6O3/c13-3-1-2(5(14)12(21)10(3)19)4-6(15)7(16)8(17)9(18)11(4)20/h1,19-21H. The molecule has 21 heavy (non-hydrogen) atoms. The Morgan fingerprint density at radius 2 is 1.10 bits per heavy atom. The second-order valence-electron chi connectivity index (χ2n) is 3.90. The van der Waals surface area contributed by atoms with Gasteiger partial charge in [0, 0.05) is 5.56 Å². The lowest BCUT2D eigenvalue weighted by Gasteiger charge is -2.12. The van der Waals surface area contributed by atoms with Gasteiger partial charge in [0.1, 0.15) is 0 Å². The third kappa shape index (κ3) is 2.01. The Balaban J connectivity index is 2.93. The van der Waals surface area contributed by atoms with Gasteiger partial charge in [-0.15, -0.1) is 0 Å². The molecule has 0 amide bonds. The Labute approximate surface area is 112 Å². The summed E-state index contributed by atoms with van der Waals surface area (Å²) in [5, 5.41) is 27.3. The average molecular weight is 310 g/mol. The van der Waals surface area contributed by atoms with E-state index in [0.29, 0.717) is 0 Å². The zero-order valence-electron chi connectivity index (χ0n) is 9.69. The lowest BCUT2D eigenvalue weighted by atomic mass is 10.0. The van der Waals surface area contributed by atoms with Crippen LogP contribution in [0.3, 0.4) is 0 Å². The summed E-state index contributed by atoms with van der Waals surface area (Å²) in [6.07, 6.45) is 0. The third-order valence-electron chi connectivity index (χ3n) is 2.68. The van der Waals surface area contributed by atoms with Crippen molar-refractivity contribution in [1.82, 2.24) is 0 Å². The van der Waals surface area contributed by atoms with Gasteiger partial charge in [0.05, 0.1) is 5.56 Å². The molecule has 0 atom stereocenters. The van der Waals surface area contributed by atoms with Gasteiger partial charge in [-0.05, 0) is 6.07 Å². The molecular weight excluding hydrogens is 306 g/mol. The fourth-order valence-corrected chi connectivity index (χ4v) is 1.65. The molecule has 0 bridgehead atoms. The van der Waals surface area contributed by atoms with E-state index >= 15 is 0 Å².